The van der Waals surface area contributed by atoms with E-state index >= 15 is 0 Å². The van der Waals surface area contributed by atoms with Crippen LogP contribution in [0.1, 0.15) is 39.3 Å². The second-order valence-electron chi connectivity index (χ2n) is 13.8. The number of para-hydroxylation sites is 2. The molecule has 0 aliphatic heterocycles. The summed E-state index contributed by atoms with van der Waals surface area (Å²) in [5.74, 6) is -0.151. The Morgan fingerprint density at radius 3 is 1.08 bits per heavy atom. The van der Waals surface area contributed by atoms with E-state index in [1.807, 2.05) is 0 Å². The lowest BCUT2D eigenvalue weighted by molar-refractivity contribution is 0.976. The van der Waals surface area contributed by atoms with Crippen LogP contribution in [0.15, 0.2) is 200 Å². The largest absolute Gasteiger partial charge is 0.310 e. The van der Waals surface area contributed by atoms with Crippen LogP contribution in [0.25, 0.3) is 33.4 Å². The normalized spacial score (nSPS) is 11.1. The molecule has 0 aliphatic rings. The standard InChI is InChI=1S/C52H43N/c1-37-21-10-13-28-42(37)45-31-16-18-33-48(45)51(49-34-19-17-32-46(49)43-29-14-11-22-38(43)2)52-47(44-30-15-12-23-39(44)3)35-20-36-50(52)53(40-24-6-4-7-25-40)41-26-8-5-9-27-41/h4-36,51H,1-3H3. The van der Waals surface area contributed by atoms with Crippen molar-refractivity contribution in [3.05, 3.63) is 234 Å². The van der Waals surface area contributed by atoms with Crippen LogP contribution in [-0.2, 0) is 0 Å². The van der Waals surface area contributed by atoms with Crippen molar-refractivity contribution in [2.75, 3.05) is 4.90 Å². The Balaban J connectivity index is 1.55. The molecule has 0 saturated heterocycles. The average Bonchev–Trinajstić information content (AvgIpc) is 3.21. The molecule has 0 fully saturated rings. The summed E-state index contributed by atoms with van der Waals surface area (Å²) in [7, 11) is 0. The zero-order valence-corrected chi connectivity index (χ0v) is 30.6. The highest BCUT2D eigenvalue weighted by Gasteiger charge is 2.31. The van der Waals surface area contributed by atoms with Gasteiger partial charge in [-0.05, 0) is 118 Å². The summed E-state index contributed by atoms with van der Waals surface area (Å²) in [6, 6.07) is 73.0. The van der Waals surface area contributed by atoms with E-state index in [4.69, 9.17) is 0 Å². The smallest absolute Gasteiger partial charge is 0.0509 e. The van der Waals surface area contributed by atoms with Crippen molar-refractivity contribution in [3.63, 3.8) is 0 Å². The van der Waals surface area contributed by atoms with Crippen LogP contribution in [0.4, 0.5) is 17.1 Å². The maximum atomic E-state index is 2.44. The molecule has 0 aromatic heterocycles. The summed E-state index contributed by atoms with van der Waals surface area (Å²) in [5.41, 5.74) is 18.4. The third kappa shape index (κ3) is 6.59. The zero-order valence-electron chi connectivity index (χ0n) is 30.6. The van der Waals surface area contributed by atoms with Crippen LogP contribution < -0.4 is 4.90 Å². The van der Waals surface area contributed by atoms with E-state index in [0.29, 0.717) is 0 Å². The Morgan fingerprint density at radius 2 is 0.642 bits per heavy atom. The van der Waals surface area contributed by atoms with Gasteiger partial charge in [-0.2, -0.15) is 0 Å². The van der Waals surface area contributed by atoms with Crippen LogP contribution in [0.2, 0.25) is 0 Å². The third-order valence-electron chi connectivity index (χ3n) is 10.5. The van der Waals surface area contributed by atoms with Gasteiger partial charge < -0.3 is 4.90 Å². The minimum Gasteiger partial charge on any atom is -0.310 e. The van der Waals surface area contributed by atoms with Gasteiger partial charge >= 0.3 is 0 Å². The van der Waals surface area contributed by atoms with Crippen molar-refractivity contribution < 1.29 is 0 Å². The second kappa shape index (κ2) is 15.0. The van der Waals surface area contributed by atoms with Crippen LogP contribution in [0, 0.1) is 20.8 Å². The van der Waals surface area contributed by atoms with Crippen molar-refractivity contribution in [2.24, 2.45) is 0 Å². The SMILES string of the molecule is Cc1ccccc1-c1ccccc1C(c1ccccc1-c1ccccc1C)c1c(-c2ccccc2C)cccc1N(c1ccccc1)c1ccccc1. The average molecular weight is 682 g/mol. The summed E-state index contributed by atoms with van der Waals surface area (Å²) < 4.78 is 0. The van der Waals surface area contributed by atoms with Crippen LogP contribution >= 0.6 is 0 Å². The maximum Gasteiger partial charge on any atom is 0.0509 e. The number of hydrogen-bond acceptors (Lipinski definition) is 1. The summed E-state index contributed by atoms with van der Waals surface area (Å²) in [6.07, 6.45) is 0. The van der Waals surface area contributed by atoms with Gasteiger partial charge in [-0.25, -0.2) is 0 Å². The summed E-state index contributed by atoms with van der Waals surface area (Å²) in [4.78, 5) is 2.44. The molecule has 8 aromatic rings. The second-order valence-corrected chi connectivity index (χ2v) is 13.8. The highest BCUT2D eigenvalue weighted by atomic mass is 15.1. The minimum atomic E-state index is -0.151. The molecule has 8 rings (SSSR count). The molecule has 53 heavy (non-hydrogen) atoms. The van der Waals surface area contributed by atoms with E-state index in [1.54, 1.807) is 0 Å². The van der Waals surface area contributed by atoms with E-state index in [0.717, 1.165) is 17.1 Å². The molecule has 0 radical (unpaired) electrons. The maximum absolute atomic E-state index is 2.44. The van der Waals surface area contributed by atoms with E-state index < -0.39 is 0 Å². The van der Waals surface area contributed by atoms with E-state index in [1.165, 1.54) is 66.8 Å². The molecule has 0 unspecified atom stereocenters. The van der Waals surface area contributed by atoms with Gasteiger partial charge in [0.1, 0.15) is 0 Å². The molecule has 0 heterocycles. The summed E-state index contributed by atoms with van der Waals surface area (Å²) in [5, 5.41) is 0. The first-order valence-corrected chi connectivity index (χ1v) is 18.5. The highest BCUT2D eigenvalue weighted by Crippen LogP contribution is 2.51. The number of rotatable bonds is 9. The quantitative estimate of drug-likeness (QED) is 0.137. The fourth-order valence-corrected chi connectivity index (χ4v) is 7.96. The Hall–Kier alpha value is -6.44. The Bertz CT molecular complexity index is 2370. The summed E-state index contributed by atoms with van der Waals surface area (Å²) >= 11 is 0. The van der Waals surface area contributed by atoms with E-state index in [-0.39, 0.29) is 5.92 Å². The third-order valence-corrected chi connectivity index (χ3v) is 10.5. The van der Waals surface area contributed by atoms with Gasteiger partial charge in [0.15, 0.2) is 0 Å². The van der Waals surface area contributed by atoms with Gasteiger partial charge in [0.25, 0.3) is 0 Å². The van der Waals surface area contributed by atoms with Crippen molar-refractivity contribution in [2.45, 2.75) is 26.7 Å². The molecule has 0 aliphatic carbocycles. The Labute approximate surface area is 314 Å². The number of hydrogen-bond donors (Lipinski definition) is 0. The fourth-order valence-electron chi connectivity index (χ4n) is 7.96. The van der Waals surface area contributed by atoms with Crippen molar-refractivity contribution in [1.82, 2.24) is 0 Å². The van der Waals surface area contributed by atoms with E-state index in [2.05, 4.69) is 226 Å². The monoisotopic (exact) mass is 681 g/mol. The molecule has 0 atom stereocenters. The Kier molecular flexibility index (Phi) is 9.56. The lowest BCUT2D eigenvalue weighted by Gasteiger charge is -2.34. The lowest BCUT2D eigenvalue weighted by atomic mass is 9.74. The molecule has 8 aromatic carbocycles. The number of nitrogens with zero attached hydrogens (tertiary/aromatic N) is 1. The molecule has 0 amide bonds. The minimum absolute atomic E-state index is 0.151. The fraction of sp³-hybridized carbons (Fsp3) is 0.0769. The highest BCUT2D eigenvalue weighted by molar-refractivity contribution is 5.88. The molecule has 1 heteroatoms. The van der Waals surface area contributed by atoms with Gasteiger partial charge in [0.05, 0.1) is 5.69 Å². The first kappa shape index (κ1) is 33.7. The van der Waals surface area contributed by atoms with Crippen LogP contribution in [0.3, 0.4) is 0 Å². The first-order valence-electron chi connectivity index (χ1n) is 18.5. The number of benzene rings is 8. The predicted octanol–water partition coefficient (Wildman–Crippen LogP) is 14.3. The van der Waals surface area contributed by atoms with Gasteiger partial charge in [-0.3, -0.25) is 0 Å². The molecular formula is C52H43N. The summed E-state index contributed by atoms with van der Waals surface area (Å²) in [6.45, 7) is 6.68. The molecule has 1 nitrogen and oxygen atoms in total. The van der Waals surface area contributed by atoms with Gasteiger partial charge in [-0.15, -0.1) is 0 Å². The van der Waals surface area contributed by atoms with Gasteiger partial charge in [0, 0.05) is 17.3 Å². The van der Waals surface area contributed by atoms with Crippen molar-refractivity contribution in [3.8, 4) is 33.4 Å². The van der Waals surface area contributed by atoms with Crippen molar-refractivity contribution >= 4 is 17.1 Å². The number of aryl methyl sites for hydroxylation is 3. The first-order chi connectivity index (χ1) is 26.1. The van der Waals surface area contributed by atoms with Gasteiger partial charge in [0.2, 0.25) is 0 Å². The van der Waals surface area contributed by atoms with Crippen molar-refractivity contribution in [1.29, 1.82) is 0 Å². The molecule has 0 bridgehead atoms. The van der Waals surface area contributed by atoms with E-state index in [9.17, 15) is 0 Å². The molecular weight excluding hydrogens is 639 g/mol. The molecule has 256 valence electrons. The van der Waals surface area contributed by atoms with Crippen LogP contribution in [0.5, 0.6) is 0 Å². The Morgan fingerprint density at radius 1 is 0.302 bits per heavy atom. The predicted molar refractivity (Wildman–Crippen MR) is 225 cm³/mol. The molecule has 0 spiro atoms. The van der Waals surface area contributed by atoms with Gasteiger partial charge in [-0.1, -0.05) is 170 Å². The zero-order chi connectivity index (χ0) is 36.1. The number of anilines is 3. The lowest BCUT2D eigenvalue weighted by Crippen LogP contribution is -2.17. The topological polar surface area (TPSA) is 3.24 Å². The molecule has 0 N–H and O–H groups in total. The molecule has 0 saturated carbocycles. The van der Waals surface area contributed by atoms with Crippen LogP contribution in [-0.4, -0.2) is 0 Å².